The Bertz CT molecular complexity index is 1490. The highest BCUT2D eigenvalue weighted by Crippen LogP contribution is 2.30. The molecule has 2 heterocycles. The van der Waals surface area contributed by atoms with Gasteiger partial charge in [-0.15, -0.1) is 0 Å². The molecular formula is C33H40FN5O2. The Morgan fingerprint density at radius 3 is 2.44 bits per heavy atom. The predicted molar refractivity (Wildman–Crippen MR) is 166 cm³/mol. The third-order valence-corrected chi connectivity index (χ3v) is 7.24. The number of aromatic nitrogens is 1. The van der Waals surface area contributed by atoms with E-state index in [1.165, 1.54) is 5.56 Å². The second kappa shape index (κ2) is 12.9. The van der Waals surface area contributed by atoms with Crippen LogP contribution in [-0.2, 0) is 5.41 Å². The molecule has 0 fully saturated rings. The van der Waals surface area contributed by atoms with Gasteiger partial charge >= 0.3 is 0 Å². The third-order valence-electron chi connectivity index (χ3n) is 7.24. The summed E-state index contributed by atoms with van der Waals surface area (Å²) in [7, 11) is 0. The number of halogens is 1. The molecule has 7 nitrogen and oxygen atoms in total. The van der Waals surface area contributed by atoms with Crippen LogP contribution < -0.4 is 21.5 Å². The van der Waals surface area contributed by atoms with Crippen LogP contribution in [0.3, 0.4) is 0 Å². The zero-order valence-corrected chi connectivity index (χ0v) is 24.5. The highest BCUT2D eigenvalue weighted by Gasteiger charge is 2.17. The molecule has 3 aromatic rings. The van der Waals surface area contributed by atoms with Crippen LogP contribution in [-0.4, -0.2) is 42.1 Å². The largest absolute Gasteiger partial charge is 0.371 e. The Morgan fingerprint density at radius 1 is 1.05 bits per heavy atom. The van der Waals surface area contributed by atoms with E-state index in [2.05, 4.69) is 48.6 Å². The Morgan fingerprint density at radius 2 is 1.80 bits per heavy atom. The molecule has 41 heavy (non-hydrogen) atoms. The van der Waals surface area contributed by atoms with E-state index in [0.29, 0.717) is 35.8 Å². The number of allylic oxidation sites excluding steroid dienone is 2. The van der Waals surface area contributed by atoms with Gasteiger partial charge in [-0.2, -0.15) is 0 Å². The molecule has 1 aromatic heterocycles. The summed E-state index contributed by atoms with van der Waals surface area (Å²) in [4.78, 5) is 30.5. The number of aromatic amines is 1. The van der Waals surface area contributed by atoms with Crippen LogP contribution in [0.2, 0.25) is 0 Å². The number of pyridine rings is 1. The van der Waals surface area contributed by atoms with Gasteiger partial charge in [0.05, 0.1) is 6.54 Å². The highest BCUT2D eigenvalue weighted by atomic mass is 19.1. The van der Waals surface area contributed by atoms with Crippen molar-refractivity contribution < 1.29 is 9.18 Å². The average Bonchev–Trinajstić information content (AvgIpc) is 2.95. The fourth-order valence-electron chi connectivity index (χ4n) is 4.83. The number of alkyl halides is 1. The fourth-order valence-corrected chi connectivity index (χ4v) is 4.83. The van der Waals surface area contributed by atoms with Gasteiger partial charge in [0.1, 0.15) is 18.2 Å². The maximum Gasteiger partial charge on any atom is 0.271 e. The molecule has 216 valence electrons. The number of nitrogens with zero attached hydrogens (tertiary/aromatic N) is 1. The summed E-state index contributed by atoms with van der Waals surface area (Å²) in [6.07, 6.45) is 6.42. The molecule has 4 rings (SSSR count). The van der Waals surface area contributed by atoms with Crippen LogP contribution in [0, 0.1) is 6.92 Å². The van der Waals surface area contributed by atoms with E-state index in [1.54, 1.807) is 12.3 Å². The molecule has 1 aliphatic rings. The van der Waals surface area contributed by atoms with Crippen molar-refractivity contribution >= 4 is 17.3 Å². The first-order valence-corrected chi connectivity index (χ1v) is 14.1. The zero-order valence-electron chi connectivity index (χ0n) is 24.5. The lowest BCUT2D eigenvalue weighted by atomic mass is 9.86. The second-order valence-corrected chi connectivity index (χ2v) is 11.3. The number of anilines is 2. The molecule has 4 N–H and O–H groups in total. The number of hydrogen-bond donors (Lipinski definition) is 4. The minimum Gasteiger partial charge on any atom is -0.371 e. The van der Waals surface area contributed by atoms with Gasteiger partial charge in [0.25, 0.3) is 11.5 Å². The minimum absolute atomic E-state index is 0.0134. The number of amides is 1. The second-order valence-electron chi connectivity index (χ2n) is 11.3. The predicted octanol–water partition coefficient (Wildman–Crippen LogP) is 6.32. The molecule has 0 bridgehead atoms. The molecule has 8 heteroatoms. The first-order valence-electron chi connectivity index (χ1n) is 14.1. The van der Waals surface area contributed by atoms with Crippen LogP contribution in [0.25, 0.3) is 11.1 Å². The number of rotatable bonds is 10. The van der Waals surface area contributed by atoms with Crippen molar-refractivity contribution in [3.05, 3.63) is 105 Å². The number of dihydropyridines is 1. The maximum absolute atomic E-state index is 13.0. The van der Waals surface area contributed by atoms with Gasteiger partial charge in [-0.1, -0.05) is 52.0 Å². The molecular weight excluding hydrogens is 517 g/mol. The number of benzene rings is 2. The summed E-state index contributed by atoms with van der Waals surface area (Å²) < 4.78 is 13.0. The molecule has 1 amide bonds. The lowest BCUT2D eigenvalue weighted by Crippen LogP contribution is -2.35. The van der Waals surface area contributed by atoms with Crippen molar-refractivity contribution in [2.24, 2.45) is 0 Å². The summed E-state index contributed by atoms with van der Waals surface area (Å²) in [6.45, 7) is 11.7. The molecule has 0 atom stereocenters. The number of hydrogen-bond acceptors (Lipinski definition) is 5. The van der Waals surface area contributed by atoms with E-state index < -0.39 is 6.67 Å². The summed E-state index contributed by atoms with van der Waals surface area (Å²) in [5.74, 6) is 0.504. The van der Waals surface area contributed by atoms with Gasteiger partial charge in [-0.05, 0) is 71.9 Å². The number of carbonyl (C=O) groups is 1. The molecule has 0 saturated carbocycles. The lowest BCUT2D eigenvalue weighted by molar-refractivity contribution is 0.102. The molecule has 0 aliphatic carbocycles. The van der Waals surface area contributed by atoms with Crippen LogP contribution in [0.5, 0.6) is 0 Å². The van der Waals surface area contributed by atoms with Crippen molar-refractivity contribution in [2.45, 2.75) is 46.5 Å². The molecule has 0 unspecified atom stereocenters. The third kappa shape index (κ3) is 7.25. The molecule has 2 aromatic carbocycles. The summed E-state index contributed by atoms with van der Waals surface area (Å²) in [6, 6.07) is 15.2. The van der Waals surface area contributed by atoms with E-state index >= 15 is 0 Å². The normalized spacial score (nSPS) is 13.1. The van der Waals surface area contributed by atoms with E-state index in [9.17, 15) is 14.0 Å². The Kier molecular flexibility index (Phi) is 9.32. The molecule has 0 radical (unpaired) electrons. The van der Waals surface area contributed by atoms with E-state index in [0.717, 1.165) is 35.4 Å². The van der Waals surface area contributed by atoms with Crippen LogP contribution in [0.15, 0.2) is 83.2 Å². The first kappa shape index (κ1) is 29.6. The minimum atomic E-state index is -0.400. The lowest BCUT2D eigenvalue weighted by Gasteiger charge is -2.29. The Labute approximate surface area is 241 Å². The first-order chi connectivity index (χ1) is 19.6. The summed E-state index contributed by atoms with van der Waals surface area (Å²) in [5, 5.41) is 9.51. The van der Waals surface area contributed by atoms with Crippen molar-refractivity contribution in [1.29, 1.82) is 0 Å². The highest BCUT2D eigenvalue weighted by molar-refractivity contribution is 6.05. The van der Waals surface area contributed by atoms with Gasteiger partial charge in [-0.25, -0.2) is 4.39 Å². The maximum atomic E-state index is 13.0. The van der Waals surface area contributed by atoms with Crippen LogP contribution >= 0.6 is 0 Å². The zero-order chi connectivity index (χ0) is 29.6. The number of H-pyrrole nitrogens is 1. The van der Waals surface area contributed by atoms with E-state index in [1.807, 2.05) is 66.4 Å². The van der Waals surface area contributed by atoms with Crippen LogP contribution in [0.4, 0.5) is 15.8 Å². The van der Waals surface area contributed by atoms with Crippen molar-refractivity contribution in [3.8, 4) is 11.1 Å². The summed E-state index contributed by atoms with van der Waals surface area (Å²) in [5.41, 5.74) is 6.20. The van der Waals surface area contributed by atoms with E-state index in [-0.39, 0.29) is 16.9 Å². The molecule has 0 spiro atoms. The fraction of sp³-hybridized carbons (Fsp3) is 0.333. The topological polar surface area (TPSA) is 89.3 Å². The Hall–Kier alpha value is -4.33. The van der Waals surface area contributed by atoms with Gasteiger partial charge in [0, 0.05) is 41.8 Å². The van der Waals surface area contributed by atoms with Crippen molar-refractivity contribution in [1.82, 2.24) is 15.2 Å². The van der Waals surface area contributed by atoms with E-state index in [4.69, 9.17) is 0 Å². The van der Waals surface area contributed by atoms with Gasteiger partial charge < -0.3 is 25.8 Å². The SMILES string of the molecule is CCCN(CCF)C1=CC=C(Nc2cc(-c3cccc(NC(=O)c4ccc(C(C)(C)C)cc4)c3C)c[nH]c2=O)NC1. The van der Waals surface area contributed by atoms with Crippen molar-refractivity contribution in [3.63, 3.8) is 0 Å². The smallest absolute Gasteiger partial charge is 0.271 e. The standard InChI is InChI=1S/C33H40FN5O2/c1-6-17-39(18-16-34)26-14-15-30(35-21-26)37-29-19-24(20-36-32(29)41)27-8-7-9-28(22(27)2)38-31(40)23-10-12-25(13-11-23)33(3,4)5/h7-15,19-20,35,37H,6,16-18,21H2,1-5H3,(H,36,41)(H,38,40). The van der Waals surface area contributed by atoms with Gasteiger partial charge in [0.15, 0.2) is 0 Å². The quantitative estimate of drug-likeness (QED) is 0.234. The molecule has 1 aliphatic heterocycles. The number of carbonyl (C=O) groups excluding carboxylic acids is 1. The van der Waals surface area contributed by atoms with Crippen LogP contribution in [0.1, 0.15) is 55.6 Å². The molecule has 0 saturated heterocycles. The number of nitrogens with one attached hydrogen (secondary N) is 4. The summed E-state index contributed by atoms with van der Waals surface area (Å²) >= 11 is 0. The Balaban J connectivity index is 1.52. The van der Waals surface area contributed by atoms with Gasteiger partial charge in [-0.3, -0.25) is 9.59 Å². The van der Waals surface area contributed by atoms with Crippen molar-refractivity contribution in [2.75, 3.05) is 36.9 Å². The monoisotopic (exact) mass is 557 g/mol. The van der Waals surface area contributed by atoms with Gasteiger partial charge in [0.2, 0.25) is 0 Å². The average molecular weight is 558 g/mol.